The highest BCUT2D eigenvalue weighted by Crippen LogP contribution is 2.09. The lowest BCUT2D eigenvalue weighted by molar-refractivity contribution is 0.108. The molecule has 1 N–H and O–H groups in total. The molecule has 0 aromatic carbocycles. The predicted molar refractivity (Wildman–Crippen MR) is 47.5 cm³/mol. The summed E-state index contributed by atoms with van der Waals surface area (Å²) in [4.78, 5) is 18.2. The van der Waals surface area contributed by atoms with Gasteiger partial charge in [-0.3, -0.25) is 4.79 Å². The Labute approximate surface area is 80.4 Å². The monoisotopic (exact) mass is 191 g/mol. The number of aromatic nitrogens is 2. The zero-order valence-corrected chi connectivity index (χ0v) is 7.54. The second-order valence-electron chi connectivity index (χ2n) is 3.08. The van der Waals surface area contributed by atoms with Crippen molar-refractivity contribution in [2.75, 3.05) is 6.61 Å². The van der Waals surface area contributed by atoms with Crippen molar-refractivity contribution in [3.8, 4) is 6.07 Å². The van der Waals surface area contributed by atoms with Gasteiger partial charge < -0.3 is 9.72 Å². The molecular weight excluding hydrogens is 182 g/mol. The van der Waals surface area contributed by atoms with Crippen LogP contribution in [0, 0.1) is 11.3 Å². The third kappa shape index (κ3) is 1.52. The molecule has 0 aliphatic carbocycles. The number of H-pyrrole nitrogens is 1. The van der Waals surface area contributed by atoms with Crippen LogP contribution in [-0.4, -0.2) is 16.6 Å². The molecule has 0 atom stereocenters. The first-order chi connectivity index (χ1) is 6.81. The van der Waals surface area contributed by atoms with Gasteiger partial charge in [-0.2, -0.15) is 5.26 Å². The average molecular weight is 191 g/mol. The molecule has 1 aromatic rings. The highest BCUT2D eigenvalue weighted by Gasteiger charge is 2.15. The molecule has 0 spiro atoms. The van der Waals surface area contributed by atoms with Gasteiger partial charge in [-0.15, -0.1) is 0 Å². The molecule has 1 aliphatic rings. The molecule has 0 saturated heterocycles. The van der Waals surface area contributed by atoms with Crippen LogP contribution in [0.4, 0.5) is 0 Å². The molecular formula is C9H9N3O2. The summed E-state index contributed by atoms with van der Waals surface area (Å²) >= 11 is 0. The van der Waals surface area contributed by atoms with Crippen molar-refractivity contribution >= 4 is 0 Å². The Balaban J connectivity index is 2.48. The van der Waals surface area contributed by atoms with Crippen molar-refractivity contribution in [1.82, 2.24) is 9.97 Å². The van der Waals surface area contributed by atoms with Crippen LogP contribution in [0.5, 0.6) is 0 Å². The van der Waals surface area contributed by atoms with Crippen LogP contribution in [0.15, 0.2) is 4.79 Å². The molecule has 0 saturated carbocycles. The van der Waals surface area contributed by atoms with E-state index in [4.69, 9.17) is 10.00 Å². The summed E-state index contributed by atoms with van der Waals surface area (Å²) in [5, 5.41) is 8.48. The summed E-state index contributed by atoms with van der Waals surface area (Å²) in [6.07, 6.45) is 0.793. The number of aromatic amines is 1. The van der Waals surface area contributed by atoms with E-state index in [-0.39, 0.29) is 12.0 Å². The van der Waals surface area contributed by atoms with Crippen LogP contribution in [-0.2, 0) is 24.2 Å². The number of rotatable bonds is 1. The van der Waals surface area contributed by atoms with E-state index < -0.39 is 0 Å². The van der Waals surface area contributed by atoms with Gasteiger partial charge in [0.2, 0.25) is 0 Å². The van der Waals surface area contributed by atoms with E-state index in [9.17, 15) is 4.79 Å². The largest absolute Gasteiger partial charge is 0.376 e. The molecule has 5 heteroatoms. The summed E-state index contributed by atoms with van der Waals surface area (Å²) in [5.41, 5.74) is 1.18. The molecule has 0 amide bonds. The minimum Gasteiger partial charge on any atom is -0.376 e. The van der Waals surface area contributed by atoms with Crippen LogP contribution >= 0.6 is 0 Å². The predicted octanol–water partition coefficient (Wildman–Crippen LogP) is -0.0913. The zero-order valence-electron chi connectivity index (χ0n) is 7.54. The van der Waals surface area contributed by atoms with Gasteiger partial charge >= 0.3 is 0 Å². The molecule has 0 radical (unpaired) electrons. The van der Waals surface area contributed by atoms with Crippen molar-refractivity contribution < 1.29 is 4.74 Å². The fourth-order valence-electron chi connectivity index (χ4n) is 1.45. The summed E-state index contributed by atoms with van der Waals surface area (Å²) in [7, 11) is 0. The van der Waals surface area contributed by atoms with Gasteiger partial charge in [0, 0.05) is 6.42 Å². The lowest BCUT2D eigenvalue weighted by Gasteiger charge is -2.14. The Hall–Kier alpha value is -1.67. The maximum Gasteiger partial charge on any atom is 0.256 e. The molecule has 2 rings (SSSR count). The van der Waals surface area contributed by atoms with E-state index in [1.54, 1.807) is 0 Å². The van der Waals surface area contributed by atoms with Crippen LogP contribution in [0.25, 0.3) is 0 Å². The zero-order chi connectivity index (χ0) is 9.97. The molecule has 0 bridgehead atoms. The number of nitriles is 1. The van der Waals surface area contributed by atoms with Crippen molar-refractivity contribution in [1.29, 1.82) is 5.26 Å². The SMILES string of the molecule is N#CCc1nc2c(c(=O)[nH]1)COCC2. The van der Waals surface area contributed by atoms with Gasteiger partial charge in [0.1, 0.15) is 5.82 Å². The maximum atomic E-state index is 11.5. The summed E-state index contributed by atoms with van der Waals surface area (Å²) in [6, 6.07) is 1.95. The van der Waals surface area contributed by atoms with E-state index in [0.717, 1.165) is 5.69 Å². The Morgan fingerprint density at radius 1 is 1.64 bits per heavy atom. The molecule has 14 heavy (non-hydrogen) atoms. The molecule has 2 heterocycles. The first kappa shape index (κ1) is 8.91. The summed E-state index contributed by atoms with van der Waals surface area (Å²) < 4.78 is 5.15. The van der Waals surface area contributed by atoms with E-state index in [2.05, 4.69) is 9.97 Å². The van der Waals surface area contributed by atoms with Gasteiger partial charge in [-0.05, 0) is 0 Å². The van der Waals surface area contributed by atoms with Gasteiger partial charge in [-0.25, -0.2) is 4.98 Å². The van der Waals surface area contributed by atoms with Gasteiger partial charge in [0.05, 0.1) is 37.0 Å². The Morgan fingerprint density at radius 3 is 3.29 bits per heavy atom. The minimum atomic E-state index is -0.181. The lowest BCUT2D eigenvalue weighted by atomic mass is 10.1. The summed E-state index contributed by atoms with van der Waals surface area (Å²) in [6.45, 7) is 0.917. The van der Waals surface area contributed by atoms with Gasteiger partial charge in [0.25, 0.3) is 5.56 Å². The van der Waals surface area contributed by atoms with E-state index in [1.165, 1.54) is 0 Å². The van der Waals surface area contributed by atoms with Crippen molar-refractivity contribution in [2.45, 2.75) is 19.4 Å². The van der Waals surface area contributed by atoms with Crippen LogP contribution in [0.3, 0.4) is 0 Å². The van der Waals surface area contributed by atoms with Crippen LogP contribution in [0.1, 0.15) is 17.1 Å². The highest BCUT2D eigenvalue weighted by atomic mass is 16.5. The Kier molecular flexibility index (Phi) is 2.29. The van der Waals surface area contributed by atoms with Gasteiger partial charge in [-0.1, -0.05) is 0 Å². The third-order valence-corrected chi connectivity index (χ3v) is 2.13. The van der Waals surface area contributed by atoms with E-state index in [1.807, 2.05) is 6.07 Å². The number of hydrogen-bond donors (Lipinski definition) is 1. The number of nitrogens with one attached hydrogen (secondary N) is 1. The van der Waals surface area contributed by atoms with Crippen LogP contribution < -0.4 is 5.56 Å². The molecule has 1 aliphatic heterocycles. The molecule has 1 aromatic heterocycles. The first-order valence-corrected chi connectivity index (χ1v) is 4.37. The fourth-order valence-corrected chi connectivity index (χ4v) is 1.45. The fraction of sp³-hybridized carbons (Fsp3) is 0.444. The molecule has 0 unspecified atom stereocenters. The molecule has 72 valence electrons. The Morgan fingerprint density at radius 2 is 2.50 bits per heavy atom. The maximum absolute atomic E-state index is 11.5. The number of hydrogen-bond acceptors (Lipinski definition) is 4. The van der Waals surface area contributed by atoms with Crippen molar-refractivity contribution in [3.05, 3.63) is 27.4 Å². The smallest absolute Gasteiger partial charge is 0.256 e. The second kappa shape index (κ2) is 3.60. The van der Waals surface area contributed by atoms with Crippen LogP contribution in [0.2, 0.25) is 0 Å². The molecule has 0 fully saturated rings. The number of fused-ring (bicyclic) bond motifs is 1. The first-order valence-electron chi connectivity index (χ1n) is 4.37. The highest BCUT2D eigenvalue weighted by molar-refractivity contribution is 5.19. The topological polar surface area (TPSA) is 78.8 Å². The standard InChI is InChI=1S/C9H9N3O2/c10-3-1-8-11-7-2-4-14-5-6(7)9(13)12-8/h1-2,4-5H2,(H,11,12,13). The van der Waals surface area contributed by atoms with E-state index in [0.29, 0.717) is 31.0 Å². The van der Waals surface area contributed by atoms with Crippen molar-refractivity contribution in [2.24, 2.45) is 0 Å². The molecule has 5 nitrogen and oxygen atoms in total. The minimum absolute atomic E-state index is 0.142. The normalized spacial score (nSPS) is 14.5. The second-order valence-corrected chi connectivity index (χ2v) is 3.08. The Bertz CT molecular complexity index is 444. The average Bonchev–Trinajstić information content (AvgIpc) is 2.18. The number of ether oxygens (including phenoxy) is 1. The van der Waals surface area contributed by atoms with Gasteiger partial charge in [0.15, 0.2) is 0 Å². The number of nitrogens with zero attached hydrogens (tertiary/aromatic N) is 2. The third-order valence-electron chi connectivity index (χ3n) is 2.13. The quantitative estimate of drug-likeness (QED) is 0.672. The van der Waals surface area contributed by atoms with E-state index >= 15 is 0 Å². The lowest BCUT2D eigenvalue weighted by Crippen LogP contribution is -2.25. The van der Waals surface area contributed by atoms with Crippen molar-refractivity contribution in [3.63, 3.8) is 0 Å². The summed E-state index contributed by atoms with van der Waals surface area (Å²) in [5.74, 6) is 0.443.